The number of rotatable bonds is 9. The largest absolute Gasteiger partial charge is 0.443 e. The third-order valence-electron chi connectivity index (χ3n) is 7.61. The lowest BCUT2D eigenvalue weighted by Crippen LogP contribution is -2.47. The monoisotopic (exact) mass is 446 g/mol. The maximum Gasteiger partial charge on any atom is 0.407 e. The second-order valence-electron chi connectivity index (χ2n) is 9.68. The van der Waals surface area contributed by atoms with Crippen molar-refractivity contribution in [3.05, 3.63) is 12.2 Å². The van der Waals surface area contributed by atoms with Crippen LogP contribution in [-0.2, 0) is 14.3 Å². The number of allylic oxidation sites excluding steroid dienone is 2. The summed E-state index contributed by atoms with van der Waals surface area (Å²) in [5.74, 6) is -0.210. The molecule has 0 spiro atoms. The van der Waals surface area contributed by atoms with E-state index in [1.165, 1.54) is 4.90 Å². The highest BCUT2D eigenvalue weighted by molar-refractivity contribution is 6.06. The van der Waals surface area contributed by atoms with Crippen molar-refractivity contribution in [2.24, 2.45) is 23.7 Å². The zero-order valence-corrected chi connectivity index (χ0v) is 19.5. The van der Waals surface area contributed by atoms with Gasteiger partial charge in [0.25, 0.3) is 0 Å². The number of fused-ring (bicyclic) bond motifs is 5. The van der Waals surface area contributed by atoms with E-state index in [4.69, 9.17) is 4.74 Å². The van der Waals surface area contributed by atoms with E-state index in [0.29, 0.717) is 13.1 Å². The molecule has 3 amide bonds. The van der Waals surface area contributed by atoms with Crippen LogP contribution < -0.4 is 5.32 Å². The first-order valence-corrected chi connectivity index (χ1v) is 12.4. The molecule has 0 aromatic carbocycles. The maximum absolute atomic E-state index is 13.1. The minimum absolute atomic E-state index is 0.0788. The lowest BCUT2D eigenvalue weighted by molar-refractivity contribution is -0.142. The molecule has 0 radical (unpaired) electrons. The summed E-state index contributed by atoms with van der Waals surface area (Å²) in [6, 6.07) is 0. The molecule has 2 saturated heterocycles. The predicted molar refractivity (Wildman–Crippen MR) is 121 cm³/mol. The Balaban J connectivity index is 1.41. The number of unbranched alkanes of at least 4 members (excludes halogenated alkanes) is 1. The zero-order chi connectivity index (χ0) is 22.7. The highest BCUT2D eigenvalue weighted by atomic mass is 16.6. The van der Waals surface area contributed by atoms with Crippen LogP contribution in [0.1, 0.15) is 39.5 Å². The molecule has 0 aromatic rings. The minimum Gasteiger partial charge on any atom is -0.443 e. The average Bonchev–Trinajstić information content (AvgIpc) is 3.40. The number of nitrogens with zero attached hydrogens (tertiary/aromatic N) is 3. The Hall–Kier alpha value is -1.93. The second-order valence-corrected chi connectivity index (χ2v) is 9.68. The summed E-state index contributed by atoms with van der Waals surface area (Å²) in [7, 11) is 0. The molecule has 0 aromatic heterocycles. The first-order chi connectivity index (χ1) is 15.5. The SMILES string of the molecule is CCCCNC(=O)OC(CN1CCCN(CC)CC1)CN1C(=O)C2C3C=CC(C3)C2C1=O. The summed E-state index contributed by atoms with van der Waals surface area (Å²) in [6.45, 7) is 10.4. The molecule has 178 valence electrons. The summed E-state index contributed by atoms with van der Waals surface area (Å²) in [4.78, 5) is 44.8. The molecule has 32 heavy (non-hydrogen) atoms. The molecular formula is C24H38N4O4. The fourth-order valence-corrected chi connectivity index (χ4v) is 5.85. The van der Waals surface area contributed by atoms with E-state index in [-0.39, 0.29) is 42.0 Å². The highest BCUT2D eigenvalue weighted by Gasteiger charge is 2.59. The van der Waals surface area contributed by atoms with Crippen molar-refractivity contribution in [2.45, 2.75) is 45.6 Å². The van der Waals surface area contributed by atoms with Gasteiger partial charge in [0, 0.05) is 26.2 Å². The highest BCUT2D eigenvalue weighted by Crippen LogP contribution is 2.52. The Morgan fingerprint density at radius 1 is 1.03 bits per heavy atom. The van der Waals surface area contributed by atoms with Crippen molar-refractivity contribution in [3.63, 3.8) is 0 Å². The molecule has 8 heteroatoms. The molecule has 2 bridgehead atoms. The molecule has 2 aliphatic carbocycles. The van der Waals surface area contributed by atoms with Crippen LogP contribution in [0.5, 0.6) is 0 Å². The number of imide groups is 1. The van der Waals surface area contributed by atoms with Crippen molar-refractivity contribution < 1.29 is 19.1 Å². The maximum atomic E-state index is 13.1. The van der Waals surface area contributed by atoms with Crippen molar-refractivity contribution in [1.29, 1.82) is 0 Å². The van der Waals surface area contributed by atoms with Crippen LogP contribution in [0.15, 0.2) is 12.2 Å². The van der Waals surface area contributed by atoms with Gasteiger partial charge in [0.15, 0.2) is 0 Å². The van der Waals surface area contributed by atoms with Gasteiger partial charge in [0.1, 0.15) is 6.10 Å². The van der Waals surface area contributed by atoms with E-state index in [9.17, 15) is 14.4 Å². The van der Waals surface area contributed by atoms with E-state index in [2.05, 4.69) is 41.1 Å². The molecule has 5 atom stereocenters. The number of carbonyl (C=O) groups excluding carboxylic acids is 3. The van der Waals surface area contributed by atoms with Crippen molar-refractivity contribution in [2.75, 3.05) is 52.4 Å². The molecule has 4 rings (SSSR count). The lowest BCUT2D eigenvalue weighted by Gasteiger charge is -2.29. The number of hydrogen-bond donors (Lipinski definition) is 1. The summed E-state index contributed by atoms with van der Waals surface area (Å²) in [5, 5.41) is 2.80. The molecule has 4 aliphatic rings. The van der Waals surface area contributed by atoms with Gasteiger partial charge >= 0.3 is 6.09 Å². The van der Waals surface area contributed by atoms with E-state index in [1.54, 1.807) is 0 Å². The molecule has 1 N–H and O–H groups in total. The van der Waals surface area contributed by atoms with E-state index >= 15 is 0 Å². The Labute approximate surface area is 191 Å². The zero-order valence-electron chi connectivity index (χ0n) is 19.5. The van der Waals surface area contributed by atoms with Crippen LogP contribution in [0.25, 0.3) is 0 Å². The fourth-order valence-electron chi connectivity index (χ4n) is 5.85. The number of alkyl carbamates (subject to hydrolysis) is 1. The molecule has 2 aliphatic heterocycles. The number of ether oxygens (including phenoxy) is 1. The van der Waals surface area contributed by atoms with Gasteiger partial charge in [-0.2, -0.15) is 0 Å². The van der Waals surface area contributed by atoms with Crippen LogP contribution in [0, 0.1) is 23.7 Å². The van der Waals surface area contributed by atoms with Crippen molar-refractivity contribution in [3.8, 4) is 0 Å². The lowest BCUT2D eigenvalue weighted by atomic mass is 9.85. The third kappa shape index (κ3) is 4.86. The van der Waals surface area contributed by atoms with Crippen molar-refractivity contribution >= 4 is 17.9 Å². The number of nitrogens with one attached hydrogen (secondary N) is 1. The summed E-state index contributed by atoms with van der Waals surface area (Å²) in [5.41, 5.74) is 0. The van der Waals surface area contributed by atoms with E-state index < -0.39 is 12.2 Å². The summed E-state index contributed by atoms with van der Waals surface area (Å²) >= 11 is 0. The third-order valence-corrected chi connectivity index (χ3v) is 7.61. The quantitative estimate of drug-likeness (QED) is 0.330. The van der Waals surface area contributed by atoms with Gasteiger partial charge in [0.2, 0.25) is 11.8 Å². The Morgan fingerprint density at radius 2 is 1.69 bits per heavy atom. The van der Waals surface area contributed by atoms with Gasteiger partial charge in [-0.1, -0.05) is 32.4 Å². The van der Waals surface area contributed by atoms with Crippen LogP contribution in [-0.4, -0.2) is 91.1 Å². The standard InChI is InChI=1S/C24H38N4O4/c1-3-5-9-25-24(31)32-19(15-27-11-6-10-26(4-2)12-13-27)16-28-22(29)20-17-7-8-18(14-17)21(20)23(28)30/h7-8,17-21H,3-6,9-16H2,1-2H3,(H,25,31). The molecule has 8 nitrogen and oxygen atoms in total. The smallest absolute Gasteiger partial charge is 0.407 e. The number of likely N-dealkylation sites (N-methyl/N-ethyl adjacent to an activating group) is 1. The van der Waals surface area contributed by atoms with Crippen LogP contribution in [0.3, 0.4) is 0 Å². The second kappa shape index (κ2) is 10.3. The van der Waals surface area contributed by atoms with E-state index in [0.717, 1.165) is 58.4 Å². The van der Waals surface area contributed by atoms with E-state index in [1.807, 2.05) is 0 Å². The number of amides is 3. The van der Waals surface area contributed by atoms with Gasteiger partial charge in [-0.05, 0) is 50.7 Å². The molecule has 5 unspecified atom stereocenters. The minimum atomic E-state index is -0.526. The normalized spacial score (nSPS) is 31.1. The number of carbonyl (C=O) groups is 3. The fraction of sp³-hybridized carbons (Fsp3) is 0.792. The average molecular weight is 447 g/mol. The Morgan fingerprint density at radius 3 is 2.34 bits per heavy atom. The van der Waals surface area contributed by atoms with Crippen LogP contribution in [0.2, 0.25) is 0 Å². The molecule has 2 heterocycles. The number of hydrogen-bond acceptors (Lipinski definition) is 6. The predicted octanol–water partition coefficient (Wildman–Crippen LogP) is 1.72. The topological polar surface area (TPSA) is 82.2 Å². The Kier molecular flexibility index (Phi) is 7.51. The van der Waals surface area contributed by atoms with Gasteiger partial charge in [-0.3, -0.25) is 19.4 Å². The molecule has 3 fully saturated rings. The first kappa shape index (κ1) is 23.2. The van der Waals surface area contributed by atoms with Gasteiger partial charge in [-0.15, -0.1) is 0 Å². The van der Waals surface area contributed by atoms with Gasteiger partial charge < -0.3 is 15.0 Å². The van der Waals surface area contributed by atoms with Crippen molar-refractivity contribution in [1.82, 2.24) is 20.0 Å². The Bertz CT molecular complexity index is 712. The first-order valence-electron chi connectivity index (χ1n) is 12.4. The van der Waals surface area contributed by atoms with Crippen LogP contribution >= 0.6 is 0 Å². The molecular weight excluding hydrogens is 408 g/mol. The summed E-state index contributed by atoms with van der Waals surface area (Å²) < 4.78 is 5.78. The van der Waals surface area contributed by atoms with Gasteiger partial charge in [0.05, 0.1) is 18.4 Å². The van der Waals surface area contributed by atoms with Crippen LogP contribution in [0.4, 0.5) is 4.79 Å². The number of likely N-dealkylation sites (tertiary alicyclic amines) is 1. The molecule has 1 saturated carbocycles. The summed E-state index contributed by atoms with van der Waals surface area (Å²) in [6.07, 6.45) is 7.07. The van der Waals surface area contributed by atoms with Gasteiger partial charge in [-0.25, -0.2) is 4.79 Å².